The number of nitrogens with zero attached hydrogens (tertiary/aromatic N) is 1. The lowest BCUT2D eigenvalue weighted by atomic mass is 10.3. The van der Waals surface area contributed by atoms with Gasteiger partial charge in [0.1, 0.15) is 0 Å². The Balaban J connectivity index is 2.28. The average molecular weight is 224 g/mol. The van der Waals surface area contributed by atoms with E-state index >= 15 is 0 Å². The molecule has 0 spiro atoms. The third-order valence-electron chi connectivity index (χ3n) is 1.97. The first-order valence-corrected chi connectivity index (χ1v) is 5.97. The summed E-state index contributed by atoms with van der Waals surface area (Å²) in [6, 6.07) is 0. The Morgan fingerprint density at radius 1 is 1.43 bits per heavy atom. The highest BCUT2D eigenvalue weighted by Crippen LogP contribution is 2.00. The van der Waals surface area contributed by atoms with Crippen LogP contribution in [-0.2, 0) is 14.9 Å². The summed E-state index contributed by atoms with van der Waals surface area (Å²) in [6.45, 7) is 2.70. The van der Waals surface area contributed by atoms with Crippen LogP contribution in [0.1, 0.15) is 0 Å². The molecule has 0 bridgehead atoms. The van der Waals surface area contributed by atoms with Crippen LogP contribution in [0.3, 0.4) is 0 Å². The molecule has 1 aliphatic heterocycles. The molecule has 84 valence electrons. The Kier molecular flexibility index (Phi) is 4.27. The van der Waals surface area contributed by atoms with Crippen molar-refractivity contribution in [3.05, 3.63) is 0 Å². The zero-order valence-corrected chi connectivity index (χ0v) is 8.57. The minimum Gasteiger partial charge on any atom is -0.748 e. The second-order valence-corrected chi connectivity index (χ2v) is 4.74. The summed E-state index contributed by atoms with van der Waals surface area (Å²) in [4.78, 5) is 1.87. The molecule has 0 aromatic heterocycles. The van der Waals surface area contributed by atoms with Gasteiger partial charge in [0.25, 0.3) is 0 Å². The second kappa shape index (κ2) is 5.04. The zero-order chi connectivity index (χ0) is 10.6. The van der Waals surface area contributed by atoms with Crippen LogP contribution in [0.25, 0.3) is 0 Å². The van der Waals surface area contributed by atoms with E-state index in [0.717, 1.165) is 0 Å². The first kappa shape index (κ1) is 11.9. The molecule has 6 nitrogen and oxygen atoms in total. The van der Waals surface area contributed by atoms with E-state index in [4.69, 9.17) is 4.74 Å². The number of morpholine rings is 1. The van der Waals surface area contributed by atoms with Crippen LogP contribution in [0.5, 0.6) is 0 Å². The lowest BCUT2D eigenvalue weighted by molar-refractivity contribution is 0.0184. The zero-order valence-electron chi connectivity index (χ0n) is 7.76. The molecule has 0 aromatic rings. The van der Waals surface area contributed by atoms with Crippen molar-refractivity contribution >= 4 is 10.1 Å². The van der Waals surface area contributed by atoms with E-state index in [1.165, 1.54) is 0 Å². The van der Waals surface area contributed by atoms with Crippen LogP contribution >= 0.6 is 0 Å². The standard InChI is InChI=1S/C7H15NO5S/c9-7(6-14(10,11)12)5-8-1-3-13-4-2-8/h7,9H,1-6H2,(H,10,11,12)/p-1. The summed E-state index contributed by atoms with van der Waals surface area (Å²) in [5.74, 6) is -0.718. The van der Waals surface area contributed by atoms with Crippen molar-refractivity contribution in [3.8, 4) is 0 Å². The summed E-state index contributed by atoms with van der Waals surface area (Å²) >= 11 is 0. The van der Waals surface area contributed by atoms with Crippen molar-refractivity contribution in [3.63, 3.8) is 0 Å². The van der Waals surface area contributed by atoms with E-state index in [2.05, 4.69) is 0 Å². The quantitative estimate of drug-likeness (QED) is 0.568. The van der Waals surface area contributed by atoms with Crippen molar-refractivity contribution < 1.29 is 22.8 Å². The predicted octanol–water partition coefficient (Wildman–Crippen LogP) is -1.78. The predicted molar refractivity (Wildman–Crippen MR) is 47.8 cm³/mol. The van der Waals surface area contributed by atoms with Gasteiger partial charge in [-0.05, 0) is 0 Å². The number of rotatable bonds is 4. The van der Waals surface area contributed by atoms with Gasteiger partial charge in [-0.1, -0.05) is 0 Å². The lowest BCUT2D eigenvalue weighted by Crippen LogP contribution is -2.42. The van der Waals surface area contributed by atoms with E-state index in [1.54, 1.807) is 0 Å². The maximum Gasteiger partial charge on any atom is 0.0972 e. The Morgan fingerprint density at radius 2 is 2.00 bits per heavy atom. The Bertz CT molecular complexity index is 259. The third kappa shape index (κ3) is 4.87. The van der Waals surface area contributed by atoms with Crippen molar-refractivity contribution in [1.29, 1.82) is 0 Å². The van der Waals surface area contributed by atoms with Crippen LogP contribution in [0.4, 0.5) is 0 Å². The summed E-state index contributed by atoms with van der Waals surface area (Å²) in [5, 5.41) is 9.28. The number of aliphatic hydroxyl groups is 1. The number of hydrogen-bond acceptors (Lipinski definition) is 6. The van der Waals surface area contributed by atoms with Crippen LogP contribution in [0, 0.1) is 0 Å². The van der Waals surface area contributed by atoms with Gasteiger partial charge in [0.2, 0.25) is 0 Å². The third-order valence-corrected chi connectivity index (χ3v) is 2.76. The van der Waals surface area contributed by atoms with Gasteiger partial charge in [0.15, 0.2) is 0 Å². The van der Waals surface area contributed by atoms with Gasteiger partial charge in [0, 0.05) is 19.6 Å². The maximum absolute atomic E-state index is 10.3. The van der Waals surface area contributed by atoms with Crippen LogP contribution in [0.2, 0.25) is 0 Å². The second-order valence-electron chi connectivity index (χ2n) is 3.29. The van der Waals surface area contributed by atoms with Crippen molar-refractivity contribution in [1.82, 2.24) is 4.90 Å². The molecular formula is C7H14NO5S-. The highest BCUT2D eigenvalue weighted by Gasteiger charge is 2.16. The molecule has 0 aliphatic carbocycles. The molecule has 1 heterocycles. The SMILES string of the molecule is O=S(=O)([O-])CC(O)CN1CCOCC1. The van der Waals surface area contributed by atoms with Gasteiger partial charge in [-0.2, -0.15) is 0 Å². The molecule has 1 atom stereocenters. The molecule has 1 rings (SSSR count). The van der Waals surface area contributed by atoms with E-state index in [-0.39, 0.29) is 6.54 Å². The largest absolute Gasteiger partial charge is 0.748 e. The van der Waals surface area contributed by atoms with Crippen molar-refractivity contribution in [2.24, 2.45) is 0 Å². The first-order valence-electron chi connectivity index (χ1n) is 4.39. The molecule has 1 aliphatic rings. The summed E-state index contributed by atoms with van der Waals surface area (Å²) in [7, 11) is -4.33. The fourth-order valence-electron chi connectivity index (χ4n) is 1.37. The molecule has 14 heavy (non-hydrogen) atoms. The Labute approximate surface area is 83.2 Å². The number of aliphatic hydroxyl groups excluding tert-OH is 1. The molecule has 0 amide bonds. The van der Waals surface area contributed by atoms with Gasteiger partial charge in [0.05, 0.1) is 35.2 Å². The summed E-state index contributed by atoms with van der Waals surface area (Å²) in [6.07, 6.45) is -1.10. The molecule has 1 fully saturated rings. The highest BCUT2D eigenvalue weighted by molar-refractivity contribution is 7.85. The lowest BCUT2D eigenvalue weighted by Gasteiger charge is -2.28. The number of ether oxygens (including phenoxy) is 1. The number of β-amino-alcohol motifs (C(OH)–C–C–N with tert-alkyl or cyclic N) is 1. The molecular weight excluding hydrogens is 210 g/mol. The van der Waals surface area contributed by atoms with Crippen LogP contribution < -0.4 is 0 Å². The smallest absolute Gasteiger partial charge is 0.0972 e. The Morgan fingerprint density at radius 3 is 2.50 bits per heavy atom. The molecule has 0 radical (unpaired) electrons. The highest BCUT2D eigenvalue weighted by atomic mass is 32.2. The Hall–Kier alpha value is -0.210. The van der Waals surface area contributed by atoms with Crippen molar-refractivity contribution in [2.45, 2.75) is 6.10 Å². The van der Waals surface area contributed by atoms with E-state index in [1.807, 2.05) is 4.90 Å². The molecule has 0 aromatic carbocycles. The molecule has 7 heteroatoms. The molecule has 0 saturated carbocycles. The fraction of sp³-hybridized carbons (Fsp3) is 1.00. The topological polar surface area (TPSA) is 89.9 Å². The van der Waals surface area contributed by atoms with Gasteiger partial charge < -0.3 is 14.4 Å². The summed E-state index contributed by atoms with van der Waals surface area (Å²) < 4.78 is 36.1. The van der Waals surface area contributed by atoms with E-state index in [9.17, 15) is 18.1 Å². The molecule has 1 unspecified atom stereocenters. The minimum absolute atomic E-state index is 0.213. The number of hydrogen-bond donors (Lipinski definition) is 1. The van der Waals surface area contributed by atoms with Crippen molar-refractivity contribution in [2.75, 3.05) is 38.6 Å². The van der Waals surface area contributed by atoms with E-state index < -0.39 is 22.0 Å². The fourth-order valence-corrected chi connectivity index (χ4v) is 1.95. The first-order chi connectivity index (χ1) is 6.47. The average Bonchev–Trinajstić information content (AvgIpc) is 2.02. The van der Waals surface area contributed by atoms with E-state index in [0.29, 0.717) is 26.3 Å². The van der Waals surface area contributed by atoms with Gasteiger partial charge in [-0.25, -0.2) is 8.42 Å². The van der Waals surface area contributed by atoms with Crippen LogP contribution in [0.15, 0.2) is 0 Å². The molecule has 1 saturated heterocycles. The van der Waals surface area contributed by atoms with Gasteiger partial charge >= 0.3 is 0 Å². The molecule has 1 N–H and O–H groups in total. The van der Waals surface area contributed by atoms with Gasteiger partial charge in [-0.3, -0.25) is 4.90 Å². The summed E-state index contributed by atoms with van der Waals surface area (Å²) in [5.41, 5.74) is 0. The minimum atomic E-state index is -4.33. The maximum atomic E-state index is 10.3. The normalized spacial score (nSPS) is 22.1. The monoisotopic (exact) mass is 224 g/mol. The van der Waals surface area contributed by atoms with Gasteiger partial charge in [-0.15, -0.1) is 0 Å². The van der Waals surface area contributed by atoms with Crippen LogP contribution in [-0.4, -0.2) is 67.7 Å².